The van der Waals surface area contributed by atoms with Crippen molar-refractivity contribution in [3.63, 3.8) is 0 Å². The molecule has 0 atom stereocenters. The zero-order valence-corrected chi connectivity index (χ0v) is 8.45. The molecule has 0 fully saturated rings. The van der Waals surface area contributed by atoms with Gasteiger partial charge < -0.3 is 4.98 Å². The fraction of sp³-hybridized carbons (Fsp3) is 0. The normalized spacial score (nSPS) is 11.1. The zero-order chi connectivity index (χ0) is 12.0. The SMILES string of the molecule is O=c1[nH]c2c([N+](=O)[O-])cccc2n2cncc12. The monoisotopic (exact) mass is 230 g/mol. The fourth-order valence-corrected chi connectivity index (χ4v) is 1.84. The van der Waals surface area contributed by atoms with Crippen LogP contribution in [0.25, 0.3) is 16.6 Å². The lowest BCUT2D eigenvalue weighted by molar-refractivity contribution is -0.383. The number of nitrogens with one attached hydrogen (secondary N) is 1. The molecule has 0 aliphatic heterocycles. The lowest BCUT2D eigenvalue weighted by Gasteiger charge is -2.01. The van der Waals surface area contributed by atoms with E-state index in [1.54, 1.807) is 12.1 Å². The summed E-state index contributed by atoms with van der Waals surface area (Å²) >= 11 is 0. The Morgan fingerprint density at radius 3 is 2.94 bits per heavy atom. The molecule has 0 aliphatic carbocycles. The van der Waals surface area contributed by atoms with Crippen molar-refractivity contribution >= 4 is 22.2 Å². The smallest absolute Gasteiger partial charge is 0.294 e. The van der Waals surface area contributed by atoms with E-state index in [9.17, 15) is 14.9 Å². The highest BCUT2D eigenvalue weighted by molar-refractivity contribution is 5.86. The Bertz CT molecular complexity index is 802. The maximum absolute atomic E-state index is 11.7. The third kappa shape index (κ3) is 1.22. The van der Waals surface area contributed by atoms with Gasteiger partial charge in [-0.1, -0.05) is 6.07 Å². The summed E-state index contributed by atoms with van der Waals surface area (Å²) < 4.78 is 1.53. The number of nitro groups is 1. The molecule has 0 bridgehead atoms. The van der Waals surface area contributed by atoms with Gasteiger partial charge in [-0.05, 0) is 6.07 Å². The number of fused-ring (bicyclic) bond motifs is 3. The van der Waals surface area contributed by atoms with Crippen LogP contribution in [0.3, 0.4) is 0 Å². The molecule has 3 aromatic rings. The first-order chi connectivity index (χ1) is 8.18. The molecular weight excluding hydrogens is 224 g/mol. The third-order valence-electron chi connectivity index (χ3n) is 2.59. The van der Waals surface area contributed by atoms with Gasteiger partial charge in [0.15, 0.2) is 0 Å². The van der Waals surface area contributed by atoms with Crippen molar-refractivity contribution in [2.45, 2.75) is 0 Å². The number of para-hydroxylation sites is 1. The van der Waals surface area contributed by atoms with E-state index in [0.717, 1.165) is 0 Å². The van der Waals surface area contributed by atoms with Crippen molar-refractivity contribution in [3.8, 4) is 0 Å². The van der Waals surface area contributed by atoms with Crippen molar-refractivity contribution in [2.24, 2.45) is 0 Å². The van der Waals surface area contributed by atoms with E-state index in [2.05, 4.69) is 9.97 Å². The molecule has 0 spiro atoms. The Morgan fingerprint density at radius 1 is 1.35 bits per heavy atom. The molecule has 7 heteroatoms. The Morgan fingerprint density at radius 2 is 2.18 bits per heavy atom. The molecule has 0 saturated heterocycles. The van der Waals surface area contributed by atoms with Gasteiger partial charge in [-0.2, -0.15) is 0 Å². The summed E-state index contributed by atoms with van der Waals surface area (Å²) in [4.78, 5) is 28.4. The number of non-ortho nitro benzene ring substituents is 1. The van der Waals surface area contributed by atoms with Crippen LogP contribution in [0.4, 0.5) is 5.69 Å². The lowest BCUT2D eigenvalue weighted by Crippen LogP contribution is -2.10. The highest BCUT2D eigenvalue weighted by atomic mass is 16.6. The molecular formula is C10H6N4O3. The summed E-state index contributed by atoms with van der Waals surface area (Å²) in [5.41, 5.74) is 0.580. The van der Waals surface area contributed by atoms with E-state index in [4.69, 9.17) is 0 Å². The number of benzene rings is 1. The van der Waals surface area contributed by atoms with Crippen molar-refractivity contribution < 1.29 is 4.92 Å². The Balaban J connectivity index is 2.62. The highest BCUT2D eigenvalue weighted by Crippen LogP contribution is 2.22. The molecule has 0 amide bonds. The van der Waals surface area contributed by atoms with E-state index >= 15 is 0 Å². The average Bonchev–Trinajstić information content (AvgIpc) is 2.78. The van der Waals surface area contributed by atoms with E-state index in [0.29, 0.717) is 11.0 Å². The van der Waals surface area contributed by atoms with Gasteiger partial charge in [0.05, 0.1) is 23.0 Å². The van der Waals surface area contributed by atoms with Crippen molar-refractivity contribution in [1.82, 2.24) is 14.4 Å². The van der Waals surface area contributed by atoms with Crippen LogP contribution in [-0.4, -0.2) is 19.3 Å². The molecule has 3 rings (SSSR count). The summed E-state index contributed by atoms with van der Waals surface area (Å²) in [6.07, 6.45) is 2.87. The molecule has 1 aromatic carbocycles. The molecule has 0 aliphatic rings. The van der Waals surface area contributed by atoms with Gasteiger partial charge in [-0.15, -0.1) is 0 Å². The van der Waals surface area contributed by atoms with Gasteiger partial charge in [0.2, 0.25) is 0 Å². The number of aromatic nitrogens is 3. The minimum Gasteiger partial charge on any atom is -0.313 e. The first kappa shape index (κ1) is 9.52. The molecule has 7 nitrogen and oxygen atoms in total. The summed E-state index contributed by atoms with van der Waals surface area (Å²) in [6.45, 7) is 0. The molecule has 0 saturated carbocycles. The first-order valence-corrected chi connectivity index (χ1v) is 4.80. The second-order valence-electron chi connectivity index (χ2n) is 3.53. The second-order valence-corrected chi connectivity index (χ2v) is 3.53. The second kappa shape index (κ2) is 3.14. The van der Waals surface area contributed by atoms with Crippen molar-refractivity contribution in [1.29, 1.82) is 0 Å². The highest BCUT2D eigenvalue weighted by Gasteiger charge is 2.15. The molecule has 1 N–H and O–H groups in total. The number of nitrogens with zero attached hydrogens (tertiary/aromatic N) is 3. The maximum atomic E-state index is 11.7. The lowest BCUT2D eigenvalue weighted by atomic mass is 10.2. The quantitative estimate of drug-likeness (QED) is 0.500. The minimum absolute atomic E-state index is 0.129. The van der Waals surface area contributed by atoms with Crippen LogP contribution in [0.15, 0.2) is 35.5 Å². The number of rotatable bonds is 1. The van der Waals surface area contributed by atoms with Gasteiger partial charge >= 0.3 is 0 Å². The topological polar surface area (TPSA) is 93.3 Å². The van der Waals surface area contributed by atoms with Crippen LogP contribution in [0.5, 0.6) is 0 Å². The Kier molecular flexibility index (Phi) is 1.76. The number of nitro benzene ring substituents is 1. The molecule has 0 radical (unpaired) electrons. The van der Waals surface area contributed by atoms with Gasteiger partial charge in [0.1, 0.15) is 11.0 Å². The zero-order valence-electron chi connectivity index (χ0n) is 8.45. The first-order valence-electron chi connectivity index (χ1n) is 4.80. The minimum atomic E-state index is -0.527. The molecule has 2 aromatic heterocycles. The standard InChI is InChI=1S/C10H6N4O3/c15-10-8-4-11-5-13(8)6-2-1-3-7(14(16)17)9(6)12-10/h1-5H,(H,12,15). The number of H-pyrrole nitrogens is 1. The number of hydrogen-bond donors (Lipinski definition) is 1. The summed E-state index contributed by atoms with van der Waals surface area (Å²) in [5, 5.41) is 10.9. The molecule has 0 unspecified atom stereocenters. The maximum Gasteiger partial charge on any atom is 0.294 e. The van der Waals surface area contributed by atoms with Crippen molar-refractivity contribution in [3.05, 3.63) is 51.2 Å². The van der Waals surface area contributed by atoms with Crippen molar-refractivity contribution in [2.75, 3.05) is 0 Å². The van der Waals surface area contributed by atoms with Crippen LogP contribution in [-0.2, 0) is 0 Å². The van der Waals surface area contributed by atoms with Gasteiger partial charge in [-0.25, -0.2) is 4.98 Å². The molecule has 17 heavy (non-hydrogen) atoms. The van der Waals surface area contributed by atoms with E-state index < -0.39 is 10.5 Å². The van der Waals surface area contributed by atoms with E-state index in [1.807, 2.05) is 0 Å². The molecule has 84 valence electrons. The number of hydrogen-bond acceptors (Lipinski definition) is 4. The summed E-state index contributed by atoms with van der Waals surface area (Å²) in [6, 6.07) is 4.60. The van der Waals surface area contributed by atoms with Gasteiger partial charge in [-0.3, -0.25) is 19.3 Å². The van der Waals surface area contributed by atoms with Crippen LogP contribution in [0, 0.1) is 10.1 Å². The number of imidazole rings is 1. The van der Waals surface area contributed by atoms with E-state index in [1.165, 1.54) is 23.0 Å². The Labute approximate surface area is 93.5 Å². The van der Waals surface area contributed by atoms with Gasteiger partial charge in [0, 0.05) is 6.07 Å². The van der Waals surface area contributed by atoms with Crippen LogP contribution in [0.2, 0.25) is 0 Å². The molecule has 2 heterocycles. The predicted octanol–water partition coefficient (Wildman–Crippen LogP) is 1.08. The van der Waals surface area contributed by atoms with Crippen LogP contribution in [0.1, 0.15) is 0 Å². The summed E-state index contributed by atoms with van der Waals surface area (Å²) in [7, 11) is 0. The summed E-state index contributed by atoms with van der Waals surface area (Å²) in [5.74, 6) is 0. The number of aromatic amines is 1. The average molecular weight is 230 g/mol. The third-order valence-corrected chi connectivity index (χ3v) is 2.59. The largest absolute Gasteiger partial charge is 0.313 e. The van der Waals surface area contributed by atoms with Crippen LogP contribution >= 0.6 is 0 Å². The van der Waals surface area contributed by atoms with Gasteiger partial charge in [0.25, 0.3) is 11.2 Å². The fourth-order valence-electron chi connectivity index (χ4n) is 1.84. The van der Waals surface area contributed by atoms with E-state index in [-0.39, 0.29) is 11.2 Å². The predicted molar refractivity (Wildman–Crippen MR) is 60.0 cm³/mol. The Hall–Kier alpha value is -2.70. The van der Waals surface area contributed by atoms with Crippen LogP contribution < -0.4 is 5.56 Å².